The van der Waals surface area contributed by atoms with Crippen molar-refractivity contribution in [3.05, 3.63) is 69.4 Å². The van der Waals surface area contributed by atoms with Crippen LogP contribution >= 0.6 is 34.5 Å². The number of aromatic nitrogens is 3. The van der Waals surface area contributed by atoms with Gasteiger partial charge in [-0.05, 0) is 37.3 Å². The number of nitrogens with one attached hydrogen (secondary N) is 1. The second kappa shape index (κ2) is 6.72. The Kier molecular flexibility index (Phi) is 4.40. The Labute approximate surface area is 163 Å². The highest BCUT2D eigenvalue weighted by Crippen LogP contribution is 2.32. The number of benzene rings is 1. The van der Waals surface area contributed by atoms with Gasteiger partial charge >= 0.3 is 0 Å². The lowest BCUT2D eigenvalue weighted by Gasteiger charge is -2.03. The minimum atomic E-state index is -0.265. The van der Waals surface area contributed by atoms with Gasteiger partial charge in [-0.15, -0.1) is 11.3 Å². The molecule has 0 fully saturated rings. The first kappa shape index (κ1) is 17.0. The number of pyridine rings is 1. The Morgan fingerprint density at radius 1 is 1.19 bits per heavy atom. The quantitative estimate of drug-likeness (QED) is 0.503. The topological polar surface area (TPSA) is 59.3 Å². The van der Waals surface area contributed by atoms with Gasteiger partial charge < -0.3 is 0 Å². The van der Waals surface area contributed by atoms with Crippen LogP contribution in [0.15, 0.2) is 48.0 Å². The van der Waals surface area contributed by atoms with Gasteiger partial charge in [0.25, 0.3) is 5.91 Å². The van der Waals surface area contributed by atoms with Crippen LogP contribution in [-0.2, 0) is 0 Å². The number of hydrogen-bond acceptors (Lipinski definition) is 4. The van der Waals surface area contributed by atoms with Crippen molar-refractivity contribution in [2.24, 2.45) is 0 Å². The second-order valence-corrected chi connectivity index (χ2v) is 7.29. The largest absolute Gasteiger partial charge is 0.296 e. The fraction of sp³-hybridized carbons (Fsp3) is 0.0556. The number of anilines is 1. The fourth-order valence-corrected chi connectivity index (χ4v) is 3.78. The zero-order valence-corrected chi connectivity index (χ0v) is 15.9. The summed E-state index contributed by atoms with van der Waals surface area (Å²) in [7, 11) is 0. The standard InChI is InChI=1S/C18H12Cl2N4OS/c1-10-16(24-7-3-2-4-15(24)21-10)17(25)23-18-22-14(9-26-18)12-8-11(19)5-6-13(12)20/h2-9H,1H3,(H,22,23,25). The van der Waals surface area contributed by atoms with E-state index in [9.17, 15) is 4.79 Å². The van der Waals surface area contributed by atoms with Crippen molar-refractivity contribution in [3.63, 3.8) is 0 Å². The Balaban J connectivity index is 1.64. The summed E-state index contributed by atoms with van der Waals surface area (Å²) >= 11 is 13.6. The molecule has 1 amide bonds. The van der Waals surface area contributed by atoms with Crippen LogP contribution in [0.2, 0.25) is 10.0 Å². The van der Waals surface area contributed by atoms with Gasteiger partial charge in [0.1, 0.15) is 11.3 Å². The number of carbonyl (C=O) groups is 1. The number of aryl methyl sites for hydroxylation is 1. The van der Waals surface area contributed by atoms with Crippen LogP contribution in [0.3, 0.4) is 0 Å². The molecule has 0 spiro atoms. The molecule has 3 heterocycles. The first-order valence-corrected chi connectivity index (χ1v) is 9.32. The summed E-state index contributed by atoms with van der Waals surface area (Å²) in [4.78, 5) is 21.6. The number of amides is 1. The Hall–Kier alpha value is -2.41. The Bertz CT molecular complexity index is 1140. The van der Waals surface area contributed by atoms with Crippen LogP contribution < -0.4 is 5.32 Å². The van der Waals surface area contributed by atoms with Crippen LogP contribution in [-0.4, -0.2) is 20.3 Å². The third-order valence-electron chi connectivity index (χ3n) is 3.85. The van der Waals surface area contributed by atoms with E-state index in [2.05, 4.69) is 15.3 Å². The van der Waals surface area contributed by atoms with Gasteiger partial charge in [-0.2, -0.15) is 0 Å². The predicted molar refractivity (Wildman–Crippen MR) is 105 cm³/mol. The van der Waals surface area contributed by atoms with E-state index in [0.717, 1.165) is 11.2 Å². The maximum atomic E-state index is 12.7. The molecule has 26 heavy (non-hydrogen) atoms. The summed E-state index contributed by atoms with van der Waals surface area (Å²) < 4.78 is 1.76. The lowest BCUT2D eigenvalue weighted by molar-refractivity contribution is 0.102. The summed E-state index contributed by atoms with van der Waals surface area (Å²) in [6.45, 7) is 1.81. The molecular formula is C18H12Cl2N4OS. The molecule has 0 radical (unpaired) electrons. The van der Waals surface area contributed by atoms with E-state index >= 15 is 0 Å². The van der Waals surface area contributed by atoms with E-state index in [1.54, 1.807) is 29.5 Å². The number of hydrogen-bond donors (Lipinski definition) is 1. The van der Waals surface area contributed by atoms with Gasteiger partial charge in [-0.25, -0.2) is 9.97 Å². The molecule has 8 heteroatoms. The third-order valence-corrected chi connectivity index (χ3v) is 5.17. The van der Waals surface area contributed by atoms with Crippen LogP contribution in [0.4, 0.5) is 5.13 Å². The molecule has 5 nitrogen and oxygen atoms in total. The van der Waals surface area contributed by atoms with Crippen molar-refractivity contribution < 1.29 is 4.79 Å². The lowest BCUT2D eigenvalue weighted by atomic mass is 10.2. The Morgan fingerprint density at radius 2 is 2.04 bits per heavy atom. The average Bonchev–Trinajstić information content (AvgIpc) is 3.20. The zero-order valence-electron chi connectivity index (χ0n) is 13.5. The molecule has 130 valence electrons. The number of carbonyl (C=O) groups excluding carboxylic acids is 1. The number of rotatable bonds is 3. The van der Waals surface area contributed by atoms with Crippen molar-refractivity contribution in [3.8, 4) is 11.3 Å². The zero-order chi connectivity index (χ0) is 18.3. The molecule has 0 aliphatic carbocycles. The van der Waals surface area contributed by atoms with Crippen molar-refractivity contribution in [1.29, 1.82) is 0 Å². The molecule has 0 bridgehead atoms. The molecule has 1 N–H and O–H groups in total. The van der Waals surface area contributed by atoms with E-state index < -0.39 is 0 Å². The first-order valence-electron chi connectivity index (χ1n) is 7.69. The summed E-state index contributed by atoms with van der Waals surface area (Å²) in [5.41, 5.74) is 3.25. The van der Waals surface area contributed by atoms with Gasteiger partial charge in [0.2, 0.25) is 0 Å². The van der Waals surface area contributed by atoms with Gasteiger partial charge in [0, 0.05) is 22.2 Å². The van der Waals surface area contributed by atoms with Gasteiger partial charge in [-0.3, -0.25) is 14.5 Å². The molecular weight excluding hydrogens is 391 g/mol. The van der Waals surface area contributed by atoms with E-state index in [1.807, 2.05) is 29.8 Å². The maximum Gasteiger partial charge on any atom is 0.276 e. The molecule has 4 rings (SSSR count). The molecule has 1 aromatic carbocycles. The minimum Gasteiger partial charge on any atom is -0.296 e. The van der Waals surface area contributed by atoms with Crippen molar-refractivity contribution >= 4 is 51.2 Å². The van der Waals surface area contributed by atoms with E-state index in [4.69, 9.17) is 23.2 Å². The van der Waals surface area contributed by atoms with Gasteiger partial charge in [0.15, 0.2) is 5.13 Å². The molecule has 0 saturated heterocycles. The van der Waals surface area contributed by atoms with Crippen LogP contribution in [0.5, 0.6) is 0 Å². The fourth-order valence-electron chi connectivity index (χ4n) is 2.69. The minimum absolute atomic E-state index is 0.265. The monoisotopic (exact) mass is 402 g/mol. The van der Waals surface area contributed by atoms with E-state index in [-0.39, 0.29) is 5.91 Å². The summed E-state index contributed by atoms with van der Waals surface area (Å²) in [6, 6.07) is 10.8. The van der Waals surface area contributed by atoms with Gasteiger partial charge in [-0.1, -0.05) is 29.3 Å². The smallest absolute Gasteiger partial charge is 0.276 e. The highest BCUT2D eigenvalue weighted by Gasteiger charge is 2.18. The normalized spacial score (nSPS) is 11.0. The second-order valence-electron chi connectivity index (χ2n) is 5.59. The summed E-state index contributed by atoms with van der Waals surface area (Å²) in [5, 5.41) is 6.26. The highest BCUT2D eigenvalue weighted by molar-refractivity contribution is 7.14. The number of halogens is 2. The van der Waals surface area contributed by atoms with Crippen LogP contribution in [0.25, 0.3) is 16.9 Å². The first-order chi connectivity index (χ1) is 12.5. The number of thiazole rings is 1. The molecule has 0 saturated carbocycles. The molecule has 0 aliphatic rings. The van der Waals surface area contributed by atoms with Crippen LogP contribution in [0.1, 0.15) is 16.2 Å². The highest BCUT2D eigenvalue weighted by atomic mass is 35.5. The number of nitrogens with zero attached hydrogens (tertiary/aromatic N) is 3. The van der Waals surface area contributed by atoms with E-state index in [0.29, 0.717) is 32.3 Å². The third kappa shape index (κ3) is 3.07. The Morgan fingerprint density at radius 3 is 2.88 bits per heavy atom. The molecule has 0 unspecified atom stereocenters. The number of fused-ring (bicyclic) bond motifs is 1. The van der Waals surface area contributed by atoms with Crippen molar-refractivity contribution in [1.82, 2.24) is 14.4 Å². The van der Waals surface area contributed by atoms with Crippen LogP contribution in [0, 0.1) is 6.92 Å². The predicted octanol–water partition coefficient (Wildman–Crippen LogP) is 5.33. The molecule has 3 aromatic heterocycles. The summed E-state index contributed by atoms with van der Waals surface area (Å²) in [6.07, 6.45) is 1.81. The molecule has 4 aromatic rings. The SMILES string of the molecule is Cc1nc2ccccn2c1C(=O)Nc1nc(-c2cc(Cl)ccc2Cl)cs1. The average molecular weight is 403 g/mol. The van der Waals surface area contributed by atoms with Crippen molar-refractivity contribution in [2.75, 3.05) is 5.32 Å². The molecule has 0 aliphatic heterocycles. The van der Waals surface area contributed by atoms with E-state index in [1.165, 1.54) is 11.3 Å². The maximum absolute atomic E-state index is 12.7. The molecule has 0 atom stereocenters. The van der Waals surface area contributed by atoms with Gasteiger partial charge in [0.05, 0.1) is 16.4 Å². The van der Waals surface area contributed by atoms with Crippen molar-refractivity contribution in [2.45, 2.75) is 6.92 Å². The number of imidazole rings is 1. The lowest BCUT2D eigenvalue weighted by Crippen LogP contribution is -2.15. The summed E-state index contributed by atoms with van der Waals surface area (Å²) in [5.74, 6) is -0.265.